The van der Waals surface area contributed by atoms with E-state index in [1.165, 1.54) is 0 Å². The third-order valence-electron chi connectivity index (χ3n) is 4.27. The van der Waals surface area contributed by atoms with Crippen LogP contribution in [0.4, 0.5) is 5.69 Å². The van der Waals surface area contributed by atoms with Gasteiger partial charge in [-0.15, -0.1) is 0 Å². The molecule has 7 nitrogen and oxygen atoms in total. The predicted octanol–water partition coefficient (Wildman–Crippen LogP) is 3.05. The summed E-state index contributed by atoms with van der Waals surface area (Å²) in [5.74, 6) is 0.428. The molecule has 2 unspecified atom stereocenters. The van der Waals surface area contributed by atoms with Crippen molar-refractivity contribution in [2.75, 3.05) is 5.32 Å². The molecule has 1 aliphatic rings. The van der Waals surface area contributed by atoms with Crippen LogP contribution in [0.5, 0.6) is 5.75 Å². The number of halogens is 1. The number of aromatic amines is 1. The van der Waals surface area contributed by atoms with Crippen LogP contribution < -0.4 is 15.4 Å². The molecule has 2 atom stereocenters. The third-order valence-corrected chi connectivity index (χ3v) is 4.59. The quantitative estimate of drug-likeness (QED) is 0.655. The molecular weight excluding hydrogens is 354 g/mol. The van der Waals surface area contributed by atoms with Gasteiger partial charge in [-0.2, -0.15) is 5.10 Å². The topological polar surface area (TPSA) is 91.9 Å². The van der Waals surface area contributed by atoms with Crippen LogP contribution in [0.15, 0.2) is 36.8 Å². The Balaban J connectivity index is 1.72. The second-order valence-corrected chi connectivity index (χ2v) is 6.90. The Morgan fingerprint density at radius 2 is 2.15 bits per heavy atom. The van der Waals surface area contributed by atoms with Gasteiger partial charge in [0.15, 0.2) is 0 Å². The first-order chi connectivity index (χ1) is 12.5. The summed E-state index contributed by atoms with van der Waals surface area (Å²) in [7, 11) is 0. The van der Waals surface area contributed by atoms with Crippen molar-refractivity contribution >= 4 is 34.1 Å². The van der Waals surface area contributed by atoms with Crippen LogP contribution in [0.25, 0.3) is 10.9 Å². The molecule has 1 amide bonds. The summed E-state index contributed by atoms with van der Waals surface area (Å²) in [5.41, 5.74) is 2.45. The van der Waals surface area contributed by atoms with Gasteiger partial charge in [-0.1, -0.05) is 11.6 Å². The Morgan fingerprint density at radius 1 is 1.31 bits per heavy atom. The number of carbonyl (C=O) groups is 1. The largest absolute Gasteiger partial charge is 0.476 e. The van der Waals surface area contributed by atoms with Crippen molar-refractivity contribution in [2.24, 2.45) is 0 Å². The number of H-pyrrole nitrogens is 1. The van der Waals surface area contributed by atoms with Crippen LogP contribution in [0.1, 0.15) is 25.5 Å². The van der Waals surface area contributed by atoms with Crippen LogP contribution in [0.2, 0.25) is 5.02 Å². The van der Waals surface area contributed by atoms with E-state index in [0.29, 0.717) is 10.8 Å². The number of ether oxygens (including phenoxy) is 1. The minimum Gasteiger partial charge on any atom is -0.476 e. The Hall–Kier alpha value is -2.80. The lowest BCUT2D eigenvalue weighted by Crippen LogP contribution is -2.44. The molecule has 0 aliphatic carbocycles. The number of benzene rings is 1. The van der Waals surface area contributed by atoms with Gasteiger partial charge in [0, 0.05) is 28.9 Å². The van der Waals surface area contributed by atoms with E-state index < -0.39 is 6.10 Å². The fourth-order valence-electron chi connectivity index (χ4n) is 3.13. The van der Waals surface area contributed by atoms with Crippen LogP contribution in [-0.2, 0) is 4.79 Å². The maximum absolute atomic E-state index is 12.7. The molecule has 0 spiro atoms. The highest BCUT2D eigenvalue weighted by atomic mass is 35.5. The van der Waals surface area contributed by atoms with Crippen molar-refractivity contribution in [1.29, 1.82) is 0 Å². The molecule has 1 aliphatic heterocycles. The lowest BCUT2D eigenvalue weighted by atomic mass is 10.0. The van der Waals surface area contributed by atoms with E-state index in [0.717, 1.165) is 22.2 Å². The zero-order chi connectivity index (χ0) is 18.3. The molecule has 3 heterocycles. The maximum atomic E-state index is 12.7. The van der Waals surface area contributed by atoms with Crippen LogP contribution in [-0.4, -0.2) is 33.2 Å². The van der Waals surface area contributed by atoms with Crippen molar-refractivity contribution in [3.63, 3.8) is 0 Å². The molecule has 26 heavy (non-hydrogen) atoms. The van der Waals surface area contributed by atoms with E-state index in [2.05, 4.69) is 25.8 Å². The van der Waals surface area contributed by atoms with E-state index in [-0.39, 0.29) is 18.0 Å². The number of pyridine rings is 1. The van der Waals surface area contributed by atoms with Gasteiger partial charge in [-0.25, -0.2) is 0 Å². The number of carbonyl (C=O) groups excluding carboxylic acids is 1. The lowest BCUT2D eigenvalue weighted by molar-refractivity contribution is -0.128. The second kappa shape index (κ2) is 6.49. The molecule has 3 N–H and O–H groups in total. The molecule has 0 fully saturated rings. The van der Waals surface area contributed by atoms with Gasteiger partial charge in [0.2, 0.25) is 6.10 Å². The van der Waals surface area contributed by atoms with Gasteiger partial charge in [-0.3, -0.25) is 14.9 Å². The molecule has 134 valence electrons. The van der Waals surface area contributed by atoms with E-state index in [9.17, 15) is 4.79 Å². The summed E-state index contributed by atoms with van der Waals surface area (Å²) in [5, 5.41) is 14.7. The Bertz CT molecular complexity index is 971. The first-order valence-electron chi connectivity index (χ1n) is 8.33. The molecule has 3 aromatic rings. The molecule has 1 aromatic carbocycles. The summed E-state index contributed by atoms with van der Waals surface area (Å²) < 4.78 is 5.89. The van der Waals surface area contributed by atoms with E-state index in [1.807, 2.05) is 26.0 Å². The average molecular weight is 372 g/mol. The van der Waals surface area contributed by atoms with E-state index in [1.54, 1.807) is 24.7 Å². The van der Waals surface area contributed by atoms with E-state index >= 15 is 0 Å². The average Bonchev–Trinajstić information content (AvgIpc) is 3.23. The van der Waals surface area contributed by atoms with E-state index in [4.69, 9.17) is 16.3 Å². The van der Waals surface area contributed by atoms with Crippen LogP contribution in [0, 0.1) is 0 Å². The zero-order valence-electron chi connectivity index (χ0n) is 14.3. The summed E-state index contributed by atoms with van der Waals surface area (Å²) in [6, 6.07) is 5.18. The van der Waals surface area contributed by atoms with Gasteiger partial charge >= 0.3 is 0 Å². The monoisotopic (exact) mass is 371 g/mol. The second-order valence-electron chi connectivity index (χ2n) is 6.49. The first-order valence-corrected chi connectivity index (χ1v) is 8.71. The minimum absolute atomic E-state index is 0.0182. The highest BCUT2D eigenvalue weighted by Crippen LogP contribution is 2.40. The number of nitrogens with one attached hydrogen (secondary N) is 3. The Kier molecular flexibility index (Phi) is 4.16. The first kappa shape index (κ1) is 16.7. The normalized spacial score (nSPS) is 18.6. The highest BCUT2D eigenvalue weighted by Gasteiger charge is 2.40. The summed E-state index contributed by atoms with van der Waals surface area (Å²) in [6.45, 7) is 3.83. The molecule has 4 rings (SSSR count). The molecule has 0 radical (unpaired) electrons. The molecule has 2 aromatic heterocycles. The Labute approximate surface area is 155 Å². The number of fused-ring (bicyclic) bond motifs is 2. The SMILES string of the molecule is CC(C)NC(=O)C1Oc2cnccc2C1Nc1ccc(Cl)c2[nH]ncc12. The number of anilines is 1. The summed E-state index contributed by atoms with van der Waals surface area (Å²) in [4.78, 5) is 16.7. The molecule has 0 saturated heterocycles. The fraction of sp³-hybridized carbons (Fsp3) is 0.278. The number of amides is 1. The van der Waals surface area contributed by atoms with Crippen molar-refractivity contribution in [3.05, 3.63) is 47.4 Å². The molecule has 8 heteroatoms. The smallest absolute Gasteiger partial charge is 0.263 e. The standard InChI is InChI=1S/C18H18ClN5O2/c1-9(2)22-18(25)17-16(10-5-6-20-8-14(10)26-17)23-13-4-3-12(19)15-11(13)7-21-24-15/h3-9,16-17,23H,1-2H3,(H,21,24)(H,22,25). The van der Waals surface area contributed by atoms with Gasteiger partial charge in [-0.05, 0) is 32.0 Å². The van der Waals surface area contributed by atoms with Crippen molar-refractivity contribution in [1.82, 2.24) is 20.5 Å². The zero-order valence-corrected chi connectivity index (χ0v) is 15.0. The van der Waals surface area contributed by atoms with Gasteiger partial charge in [0.25, 0.3) is 5.91 Å². The Morgan fingerprint density at radius 3 is 2.96 bits per heavy atom. The number of hydrogen-bond donors (Lipinski definition) is 3. The van der Waals surface area contributed by atoms with Gasteiger partial charge in [0.1, 0.15) is 11.8 Å². The molecule has 0 saturated carbocycles. The highest BCUT2D eigenvalue weighted by molar-refractivity contribution is 6.35. The van der Waals surface area contributed by atoms with Crippen molar-refractivity contribution < 1.29 is 9.53 Å². The third kappa shape index (κ3) is 2.84. The number of nitrogens with zero attached hydrogens (tertiary/aromatic N) is 2. The molecule has 0 bridgehead atoms. The predicted molar refractivity (Wildman–Crippen MR) is 99.4 cm³/mol. The summed E-state index contributed by atoms with van der Waals surface area (Å²) >= 11 is 6.21. The van der Waals surface area contributed by atoms with Crippen molar-refractivity contribution in [3.8, 4) is 5.75 Å². The lowest BCUT2D eigenvalue weighted by Gasteiger charge is -2.22. The number of rotatable bonds is 4. The van der Waals surface area contributed by atoms with Crippen molar-refractivity contribution in [2.45, 2.75) is 32.0 Å². The van der Waals surface area contributed by atoms with Gasteiger partial charge in [0.05, 0.1) is 22.9 Å². The van der Waals surface area contributed by atoms with Crippen LogP contribution in [0.3, 0.4) is 0 Å². The van der Waals surface area contributed by atoms with Crippen LogP contribution >= 0.6 is 11.6 Å². The number of aromatic nitrogens is 3. The molecular formula is C18H18ClN5O2. The number of hydrogen-bond acceptors (Lipinski definition) is 5. The van der Waals surface area contributed by atoms with Gasteiger partial charge < -0.3 is 15.4 Å². The minimum atomic E-state index is -0.700. The fourth-order valence-corrected chi connectivity index (χ4v) is 3.34. The summed E-state index contributed by atoms with van der Waals surface area (Å²) in [6.07, 6.45) is 4.32. The maximum Gasteiger partial charge on any atom is 0.263 e.